The Hall–Kier alpha value is -7.94. The molecular weight excluding hydrogens is 725 g/mol. The van der Waals surface area contributed by atoms with E-state index in [1.165, 1.54) is 77.1 Å². The molecule has 2 heteroatoms. The van der Waals surface area contributed by atoms with E-state index < -0.39 is 0 Å². The molecule has 0 saturated heterocycles. The van der Waals surface area contributed by atoms with Crippen LogP contribution in [-0.2, 0) is 0 Å². The second-order valence-electron chi connectivity index (χ2n) is 15.4. The van der Waals surface area contributed by atoms with Crippen molar-refractivity contribution in [1.29, 1.82) is 0 Å². The Balaban J connectivity index is 0.948. The van der Waals surface area contributed by atoms with Gasteiger partial charge < -0.3 is 9.47 Å². The fourth-order valence-corrected chi connectivity index (χ4v) is 8.72. The van der Waals surface area contributed by atoms with Crippen LogP contribution in [0.4, 0.5) is 17.1 Å². The Morgan fingerprint density at radius 2 is 0.650 bits per heavy atom. The van der Waals surface area contributed by atoms with E-state index >= 15 is 0 Å². The maximum Gasteiger partial charge on any atom is 0.0541 e. The maximum absolute atomic E-state index is 2.39. The Morgan fingerprint density at radius 1 is 0.250 bits per heavy atom. The van der Waals surface area contributed by atoms with Gasteiger partial charge in [0, 0.05) is 33.5 Å². The maximum atomic E-state index is 2.39. The zero-order valence-electron chi connectivity index (χ0n) is 33.0. The molecule has 0 saturated carbocycles. The van der Waals surface area contributed by atoms with Crippen molar-refractivity contribution in [1.82, 2.24) is 4.57 Å². The lowest BCUT2D eigenvalue weighted by Gasteiger charge is -2.26. The third kappa shape index (κ3) is 6.51. The third-order valence-electron chi connectivity index (χ3n) is 11.8. The van der Waals surface area contributed by atoms with Gasteiger partial charge in [-0.25, -0.2) is 0 Å². The largest absolute Gasteiger partial charge is 0.311 e. The third-order valence-corrected chi connectivity index (χ3v) is 11.8. The van der Waals surface area contributed by atoms with Gasteiger partial charge >= 0.3 is 0 Å². The highest BCUT2D eigenvalue weighted by molar-refractivity contribution is 6.10. The molecular formula is C58H40N2. The summed E-state index contributed by atoms with van der Waals surface area (Å²) in [6.07, 6.45) is 0. The molecule has 0 aliphatic carbocycles. The minimum atomic E-state index is 1.10. The quantitative estimate of drug-likeness (QED) is 0.150. The van der Waals surface area contributed by atoms with Gasteiger partial charge in [0.15, 0.2) is 0 Å². The number of anilines is 3. The van der Waals surface area contributed by atoms with Crippen LogP contribution in [0.2, 0.25) is 0 Å². The average Bonchev–Trinajstić information content (AvgIpc) is 3.66. The van der Waals surface area contributed by atoms with Gasteiger partial charge in [-0.2, -0.15) is 0 Å². The number of hydrogen-bond acceptors (Lipinski definition) is 1. The molecule has 0 aliphatic rings. The molecule has 0 amide bonds. The van der Waals surface area contributed by atoms with Crippen molar-refractivity contribution in [3.05, 3.63) is 243 Å². The van der Waals surface area contributed by atoms with E-state index in [-0.39, 0.29) is 0 Å². The zero-order valence-corrected chi connectivity index (χ0v) is 33.0. The number of aromatic nitrogens is 1. The summed E-state index contributed by atoms with van der Waals surface area (Å²) in [6.45, 7) is 0. The lowest BCUT2D eigenvalue weighted by atomic mass is 10.0. The second-order valence-corrected chi connectivity index (χ2v) is 15.4. The molecule has 60 heavy (non-hydrogen) atoms. The van der Waals surface area contributed by atoms with Crippen LogP contribution in [0.3, 0.4) is 0 Å². The van der Waals surface area contributed by atoms with Gasteiger partial charge in [0.05, 0.1) is 11.0 Å². The van der Waals surface area contributed by atoms with E-state index in [0.717, 1.165) is 22.7 Å². The summed E-state index contributed by atoms with van der Waals surface area (Å²) in [5, 5.41) is 4.99. The van der Waals surface area contributed by atoms with Crippen LogP contribution in [0.5, 0.6) is 0 Å². The van der Waals surface area contributed by atoms with Crippen molar-refractivity contribution in [3.8, 4) is 50.2 Å². The summed E-state index contributed by atoms with van der Waals surface area (Å²) >= 11 is 0. The van der Waals surface area contributed by atoms with Gasteiger partial charge in [-0.3, -0.25) is 0 Å². The van der Waals surface area contributed by atoms with Gasteiger partial charge in [-0.05, 0) is 128 Å². The number of rotatable bonds is 8. The molecule has 0 atom stereocenters. The van der Waals surface area contributed by atoms with Crippen LogP contribution >= 0.6 is 0 Å². The molecule has 0 unspecified atom stereocenters. The first-order chi connectivity index (χ1) is 29.7. The molecule has 0 aliphatic heterocycles. The van der Waals surface area contributed by atoms with Crippen LogP contribution in [0, 0.1) is 0 Å². The van der Waals surface area contributed by atoms with Crippen LogP contribution in [0.25, 0.3) is 82.8 Å². The predicted molar refractivity (Wildman–Crippen MR) is 255 cm³/mol. The molecule has 0 spiro atoms. The Labute approximate surface area is 350 Å². The summed E-state index contributed by atoms with van der Waals surface area (Å²) in [6, 6.07) is 87.8. The highest BCUT2D eigenvalue weighted by atomic mass is 15.1. The van der Waals surface area contributed by atoms with Crippen LogP contribution in [-0.4, -0.2) is 4.57 Å². The topological polar surface area (TPSA) is 8.17 Å². The smallest absolute Gasteiger partial charge is 0.0541 e. The van der Waals surface area contributed by atoms with Gasteiger partial charge in [-0.1, -0.05) is 170 Å². The van der Waals surface area contributed by atoms with E-state index in [9.17, 15) is 0 Å². The highest BCUT2D eigenvalue weighted by Crippen LogP contribution is 2.40. The molecule has 0 fully saturated rings. The zero-order chi connectivity index (χ0) is 39.8. The molecule has 1 aromatic heterocycles. The van der Waals surface area contributed by atoms with Crippen LogP contribution in [0.1, 0.15) is 0 Å². The van der Waals surface area contributed by atoms with E-state index in [0.29, 0.717) is 0 Å². The average molecular weight is 765 g/mol. The van der Waals surface area contributed by atoms with Gasteiger partial charge in [0.1, 0.15) is 0 Å². The number of para-hydroxylation sites is 1. The Morgan fingerprint density at radius 3 is 1.23 bits per heavy atom. The first kappa shape index (κ1) is 35.2. The van der Waals surface area contributed by atoms with Gasteiger partial charge in [-0.15, -0.1) is 0 Å². The van der Waals surface area contributed by atoms with E-state index in [1.54, 1.807) is 0 Å². The summed E-state index contributed by atoms with van der Waals surface area (Å²) in [4.78, 5) is 2.35. The lowest BCUT2D eigenvalue weighted by Crippen LogP contribution is -2.09. The minimum absolute atomic E-state index is 1.10. The molecule has 1 heterocycles. The summed E-state index contributed by atoms with van der Waals surface area (Å²) in [5.74, 6) is 0. The molecule has 11 aromatic rings. The van der Waals surface area contributed by atoms with Gasteiger partial charge in [0.2, 0.25) is 0 Å². The monoisotopic (exact) mass is 764 g/mol. The first-order valence-corrected chi connectivity index (χ1v) is 20.6. The molecule has 0 bridgehead atoms. The van der Waals surface area contributed by atoms with Crippen molar-refractivity contribution >= 4 is 49.6 Å². The summed E-state index contributed by atoms with van der Waals surface area (Å²) in [5.41, 5.74) is 16.5. The van der Waals surface area contributed by atoms with Crippen molar-refractivity contribution in [3.63, 3.8) is 0 Å². The van der Waals surface area contributed by atoms with E-state index in [2.05, 4.69) is 252 Å². The number of hydrogen-bond donors (Lipinski definition) is 0. The van der Waals surface area contributed by atoms with E-state index in [1.807, 2.05) is 0 Å². The fraction of sp³-hybridized carbons (Fsp3) is 0. The molecule has 11 rings (SSSR count). The molecule has 10 aromatic carbocycles. The second kappa shape index (κ2) is 15.1. The van der Waals surface area contributed by atoms with Crippen molar-refractivity contribution in [2.24, 2.45) is 0 Å². The molecule has 0 N–H and O–H groups in total. The van der Waals surface area contributed by atoms with Crippen molar-refractivity contribution in [2.45, 2.75) is 0 Å². The molecule has 282 valence electrons. The van der Waals surface area contributed by atoms with Crippen LogP contribution in [0.15, 0.2) is 243 Å². The van der Waals surface area contributed by atoms with Crippen molar-refractivity contribution < 1.29 is 0 Å². The van der Waals surface area contributed by atoms with Crippen LogP contribution < -0.4 is 4.90 Å². The lowest BCUT2D eigenvalue weighted by molar-refractivity contribution is 1.18. The standard InChI is InChI=1S/C58H40N2/c1-3-11-41(12-4-1)44-21-30-51(31-22-44)59(52-32-25-46(26-33-52)49-20-19-43-15-7-8-16-48(43)39-49)53-34-27-47(28-35-53)50-29-38-58-56(40-50)55-17-9-10-18-57(55)60(58)54-36-23-45(24-37-54)42-13-5-2-6-14-42/h1-40H. The SMILES string of the molecule is c1ccc(-c2ccc(N(c3ccc(-c4ccc5ccccc5c4)cc3)c3ccc(-c4ccc5c(c4)c4ccccc4n5-c4ccc(-c5ccccc5)cc4)cc3)cc2)cc1. The van der Waals surface area contributed by atoms with Crippen molar-refractivity contribution in [2.75, 3.05) is 4.90 Å². The van der Waals surface area contributed by atoms with Gasteiger partial charge in [0.25, 0.3) is 0 Å². The number of fused-ring (bicyclic) bond motifs is 4. The Bertz CT molecular complexity index is 3250. The number of nitrogens with zero attached hydrogens (tertiary/aromatic N) is 2. The predicted octanol–water partition coefficient (Wildman–Crippen LogP) is 16.1. The normalized spacial score (nSPS) is 11.3. The highest BCUT2D eigenvalue weighted by Gasteiger charge is 2.16. The molecule has 0 radical (unpaired) electrons. The fourth-order valence-electron chi connectivity index (χ4n) is 8.72. The molecule has 2 nitrogen and oxygen atoms in total. The summed E-state index contributed by atoms with van der Waals surface area (Å²) < 4.78 is 2.39. The minimum Gasteiger partial charge on any atom is -0.311 e. The summed E-state index contributed by atoms with van der Waals surface area (Å²) in [7, 11) is 0. The van der Waals surface area contributed by atoms with E-state index in [4.69, 9.17) is 0 Å². The Kier molecular flexibility index (Phi) is 8.87. The first-order valence-electron chi connectivity index (χ1n) is 20.6. The number of benzene rings is 10.